The molecule has 2 aromatic carbocycles. The molecule has 0 bridgehead atoms. The van der Waals surface area contributed by atoms with Crippen LogP contribution in [0, 0.1) is 0 Å². The minimum absolute atomic E-state index is 0.0166. The Hall–Kier alpha value is -4.13. The molecule has 2 aliphatic heterocycles. The van der Waals surface area contributed by atoms with Crippen molar-refractivity contribution >= 4 is 34.5 Å². The van der Waals surface area contributed by atoms with Crippen molar-refractivity contribution in [2.75, 3.05) is 26.6 Å². The van der Waals surface area contributed by atoms with Crippen molar-refractivity contribution in [1.29, 1.82) is 0 Å². The van der Waals surface area contributed by atoms with Gasteiger partial charge in [0.05, 0.1) is 48.6 Å². The number of hydrogen-bond donors (Lipinski definition) is 1. The molecule has 224 valence electrons. The van der Waals surface area contributed by atoms with Crippen LogP contribution < -0.4 is 15.6 Å². The Morgan fingerprint density at radius 3 is 2.88 bits per heavy atom. The highest BCUT2D eigenvalue weighted by Crippen LogP contribution is 2.34. The summed E-state index contributed by atoms with van der Waals surface area (Å²) in [5.74, 6) is 0.879. The van der Waals surface area contributed by atoms with Gasteiger partial charge < -0.3 is 28.7 Å². The smallest absolute Gasteiger partial charge is 0.338 e. The van der Waals surface area contributed by atoms with Crippen LogP contribution in [0.4, 0.5) is 0 Å². The highest BCUT2D eigenvalue weighted by atomic mass is 32.2. The van der Waals surface area contributed by atoms with Gasteiger partial charge in [-0.25, -0.2) is 9.78 Å². The largest absolute Gasteiger partial charge is 0.467 e. The average molecular weight is 606 g/mol. The van der Waals surface area contributed by atoms with E-state index in [0.717, 1.165) is 24.0 Å². The van der Waals surface area contributed by atoms with E-state index in [4.69, 9.17) is 28.3 Å². The van der Waals surface area contributed by atoms with E-state index in [0.29, 0.717) is 64.2 Å². The molecule has 4 aromatic rings. The van der Waals surface area contributed by atoms with Gasteiger partial charge in [0.25, 0.3) is 11.5 Å². The van der Waals surface area contributed by atoms with Crippen LogP contribution in [0.25, 0.3) is 10.9 Å². The number of nitrogens with one attached hydrogen (secondary N) is 1. The SMILES string of the molecule is CCOC(=O)c1cc2c(c(CSc3nc4cc(C(=O)NC[C@H]5CCCO5)ccc4c(=O)n3Cc3ccco3)c1)OCOC2. The van der Waals surface area contributed by atoms with Gasteiger partial charge in [-0.05, 0) is 62.2 Å². The number of aromatic nitrogens is 2. The van der Waals surface area contributed by atoms with E-state index < -0.39 is 5.97 Å². The van der Waals surface area contributed by atoms with Crippen molar-refractivity contribution in [3.05, 3.63) is 87.1 Å². The summed E-state index contributed by atoms with van der Waals surface area (Å²) < 4.78 is 29.2. The van der Waals surface area contributed by atoms with Gasteiger partial charge in [-0.15, -0.1) is 0 Å². The molecule has 2 aromatic heterocycles. The maximum Gasteiger partial charge on any atom is 0.338 e. The molecule has 1 atom stereocenters. The predicted octanol–water partition coefficient (Wildman–Crippen LogP) is 4.28. The summed E-state index contributed by atoms with van der Waals surface area (Å²) in [6.45, 7) is 3.71. The van der Waals surface area contributed by atoms with Crippen molar-refractivity contribution in [2.24, 2.45) is 0 Å². The average Bonchev–Trinajstić information content (AvgIpc) is 3.75. The maximum absolute atomic E-state index is 13.8. The number of rotatable bonds is 10. The van der Waals surface area contributed by atoms with Gasteiger partial charge in [0.2, 0.25) is 0 Å². The lowest BCUT2D eigenvalue weighted by Crippen LogP contribution is -2.31. The van der Waals surface area contributed by atoms with Gasteiger partial charge in [-0.3, -0.25) is 14.2 Å². The second-order valence-electron chi connectivity index (χ2n) is 10.2. The number of thioether (sulfide) groups is 1. The normalized spacial score (nSPS) is 16.1. The van der Waals surface area contributed by atoms with Gasteiger partial charge in [-0.1, -0.05) is 11.8 Å². The summed E-state index contributed by atoms with van der Waals surface area (Å²) in [5, 5.41) is 3.73. The van der Waals surface area contributed by atoms with Crippen LogP contribution in [0.5, 0.6) is 5.75 Å². The number of esters is 1. The van der Waals surface area contributed by atoms with E-state index >= 15 is 0 Å². The summed E-state index contributed by atoms with van der Waals surface area (Å²) in [7, 11) is 0. The van der Waals surface area contributed by atoms with E-state index in [1.807, 2.05) is 0 Å². The lowest BCUT2D eigenvalue weighted by molar-refractivity contribution is -0.0169. The Labute approximate surface area is 251 Å². The molecule has 0 spiro atoms. The molecule has 12 heteroatoms. The second kappa shape index (κ2) is 13.0. The number of ether oxygens (including phenoxy) is 4. The monoisotopic (exact) mass is 605 g/mol. The number of fused-ring (bicyclic) bond motifs is 2. The third kappa shape index (κ3) is 6.46. The number of amides is 1. The summed E-state index contributed by atoms with van der Waals surface area (Å²) in [4.78, 5) is 44.1. The van der Waals surface area contributed by atoms with E-state index in [2.05, 4.69) is 5.32 Å². The highest BCUT2D eigenvalue weighted by Gasteiger charge is 2.22. The van der Waals surface area contributed by atoms with Crippen molar-refractivity contribution in [3.8, 4) is 5.75 Å². The topological polar surface area (TPSA) is 131 Å². The minimum atomic E-state index is -0.439. The molecule has 1 fully saturated rings. The zero-order valence-corrected chi connectivity index (χ0v) is 24.4. The van der Waals surface area contributed by atoms with Crippen LogP contribution >= 0.6 is 11.8 Å². The van der Waals surface area contributed by atoms with Crippen molar-refractivity contribution in [1.82, 2.24) is 14.9 Å². The standard InChI is InChI=1S/C31H31N3O8S/c1-2-39-30(37)20-11-21-16-38-18-42-27(21)22(12-20)17-43-31-33-26-13-19(28(35)32-14-23-5-3-9-40-23)7-8-25(26)29(36)34(31)15-24-6-4-10-41-24/h4,6-8,10-13,23H,2-3,5,9,14-18H2,1H3,(H,32,35)/t23-/m1/s1. The molecule has 0 unspecified atom stereocenters. The Morgan fingerprint density at radius 1 is 1.19 bits per heavy atom. The minimum Gasteiger partial charge on any atom is -0.467 e. The van der Waals surface area contributed by atoms with Gasteiger partial charge >= 0.3 is 5.97 Å². The first kappa shape index (κ1) is 29.0. The molecule has 1 amide bonds. The van der Waals surface area contributed by atoms with Crippen molar-refractivity contribution in [2.45, 2.75) is 49.9 Å². The van der Waals surface area contributed by atoms with Crippen LogP contribution in [0.1, 0.15) is 57.4 Å². The first-order valence-corrected chi connectivity index (χ1v) is 15.1. The molecule has 4 heterocycles. The van der Waals surface area contributed by atoms with E-state index in [-0.39, 0.29) is 37.5 Å². The highest BCUT2D eigenvalue weighted by molar-refractivity contribution is 7.98. The number of benzene rings is 2. The van der Waals surface area contributed by atoms with Crippen LogP contribution in [0.15, 0.2) is 63.1 Å². The van der Waals surface area contributed by atoms with Gasteiger partial charge in [0, 0.05) is 35.6 Å². The molecule has 2 aliphatic rings. The Kier molecular flexibility index (Phi) is 8.77. The quantitative estimate of drug-likeness (QED) is 0.159. The molecule has 11 nitrogen and oxygen atoms in total. The van der Waals surface area contributed by atoms with Crippen LogP contribution in [0.2, 0.25) is 0 Å². The number of carbonyl (C=O) groups excluding carboxylic acids is 2. The van der Waals surface area contributed by atoms with Crippen molar-refractivity contribution < 1.29 is 33.0 Å². The van der Waals surface area contributed by atoms with E-state index in [1.165, 1.54) is 11.8 Å². The zero-order chi connectivity index (χ0) is 29.8. The third-order valence-corrected chi connectivity index (χ3v) is 8.27. The van der Waals surface area contributed by atoms with Crippen LogP contribution in [0.3, 0.4) is 0 Å². The lowest BCUT2D eigenvalue weighted by Gasteiger charge is -2.22. The second-order valence-corrected chi connectivity index (χ2v) is 11.1. The molecule has 0 saturated carbocycles. The molecule has 0 radical (unpaired) electrons. The fourth-order valence-corrected chi connectivity index (χ4v) is 6.11. The summed E-state index contributed by atoms with van der Waals surface area (Å²) in [6, 6.07) is 11.9. The Bertz CT molecular complexity index is 1700. The molecule has 6 rings (SSSR count). The Balaban J connectivity index is 1.33. The van der Waals surface area contributed by atoms with Crippen LogP contribution in [-0.4, -0.2) is 54.1 Å². The van der Waals surface area contributed by atoms with Gasteiger partial charge in [-0.2, -0.15) is 0 Å². The molecule has 43 heavy (non-hydrogen) atoms. The maximum atomic E-state index is 13.8. The van der Waals surface area contributed by atoms with Gasteiger partial charge in [0.15, 0.2) is 11.9 Å². The van der Waals surface area contributed by atoms with E-state index in [1.54, 1.807) is 60.2 Å². The predicted molar refractivity (Wildman–Crippen MR) is 157 cm³/mol. The fraction of sp³-hybridized carbons (Fsp3) is 0.355. The Morgan fingerprint density at radius 2 is 2.09 bits per heavy atom. The summed E-state index contributed by atoms with van der Waals surface area (Å²) in [6.07, 6.45) is 3.47. The number of carbonyl (C=O) groups is 2. The van der Waals surface area contributed by atoms with Gasteiger partial charge in [0.1, 0.15) is 11.5 Å². The lowest BCUT2D eigenvalue weighted by atomic mass is 10.0. The summed E-state index contributed by atoms with van der Waals surface area (Å²) in [5.41, 5.74) is 2.42. The molecular weight excluding hydrogens is 574 g/mol. The van der Waals surface area contributed by atoms with Crippen molar-refractivity contribution in [3.63, 3.8) is 0 Å². The number of furan rings is 1. The third-order valence-electron chi connectivity index (χ3n) is 7.25. The molecule has 1 saturated heterocycles. The number of hydrogen-bond acceptors (Lipinski definition) is 10. The molecule has 1 N–H and O–H groups in total. The van der Waals surface area contributed by atoms with E-state index in [9.17, 15) is 14.4 Å². The fourth-order valence-electron chi connectivity index (χ4n) is 5.14. The number of nitrogens with zero attached hydrogens (tertiary/aromatic N) is 2. The summed E-state index contributed by atoms with van der Waals surface area (Å²) >= 11 is 1.32. The molecule has 0 aliphatic carbocycles. The molecular formula is C31H31N3O8S. The zero-order valence-electron chi connectivity index (χ0n) is 23.6. The first-order chi connectivity index (χ1) is 21.0. The van der Waals surface area contributed by atoms with Crippen LogP contribution in [-0.2, 0) is 33.1 Å². The first-order valence-electron chi connectivity index (χ1n) is 14.1.